The summed E-state index contributed by atoms with van der Waals surface area (Å²) >= 11 is 0.916. The summed E-state index contributed by atoms with van der Waals surface area (Å²) in [4.78, 5) is 12.5. The van der Waals surface area contributed by atoms with E-state index in [1.165, 1.54) is 30.5 Å². The summed E-state index contributed by atoms with van der Waals surface area (Å²) in [6.07, 6.45) is 1.34. The molecule has 0 bridgehead atoms. The lowest BCUT2D eigenvalue weighted by Gasteiger charge is -1.94. The Hall–Kier alpha value is -3.00. The molecule has 8 heteroatoms. The Labute approximate surface area is 133 Å². The van der Waals surface area contributed by atoms with Crippen LogP contribution in [0.1, 0.15) is 15.4 Å². The fourth-order valence-corrected chi connectivity index (χ4v) is 2.36. The Morgan fingerprint density at radius 3 is 2.78 bits per heavy atom. The fourth-order valence-electron chi connectivity index (χ4n) is 1.75. The summed E-state index contributed by atoms with van der Waals surface area (Å²) in [5, 5.41) is 16.3. The van der Waals surface area contributed by atoms with Gasteiger partial charge in [-0.3, -0.25) is 4.79 Å². The van der Waals surface area contributed by atoms with E-state index in [1.807, 2.05) is 0 Å². The van der Waals surface area contributed by atoms with Crippen molar-refractivity contribution in [3.63, 3.8) is 0 Å². The van der Waals surface area contributed by atoms with Crippen LogP contribution in [0.4, 0.5) is 4.39 Å². The Morgan fingerprint density at radius 2 is 2.09 bits per heavy atom. The number of nitrogens with one attached hydrogen (secondary N) is 1. The molecule has 2 N–H and O–H groups in total. The zero-order valence-electron chi connectivity index (χ0n) is 11.6. The lowest BCUT2D eigenvalue weighted by atomic mass is 10.1. The van der Waals surface area contributed by atoms with E-state index >= 15 is 0 Å². The lowest BCUT2D eigenvalue weighted by molar-refractivity contribution is 0.0946. The molecular weight excluding hydrogens is 321 g/mol. The SMILES string of the molecule is O=C(N/N=C\c1ccc(F)s1)c1cc(-c2ccc(O)cc2)on1. The quantitative estimate of drug-likeness (QED) is 0.568. The smallest absolute Gasteiger partial charge is 0.293 e. The van der Waals surface area contributed by atoms with Gasteiger partial charge in [0, 0.05) is 11.6 Å². The van der Waals surface area contributed by atoms with Crippen LogP contribution in [0.15, 0.2) is 52.1 Å². The van der Waals surface area contributed by atoms with E-state index < -0.39 is 5.91 Å². The average Bonchev–Trinajstić information content (AvgIpc) is 3.17. The van der Waals surface area contributed by atoms with Crippen LogP contribution in [0.2, 0.25) is 0 Å². The maximum atomic E-state index is 12.8. The number of hydrazone groups is 1. The number of benzene rings is 1. The number of hydrogen-bond acceptors (Lipinski definition) is 6. The molecule has 0 aliphatic heterocycles. The van der Waals surface area contributed by atoms with Crippen molar-refractivity contribution in [3.8, 4) is 17.1 Å². The molecule has 6 nitrogen and oxygen atoms in total. The van der Waals surface area contributed by atoms with Crippen LogP contribution in [0.25, 0.3) is 11.3 Å². The molecule has 0 fully saturated rings. The zero-order chi connectivity index (χ0) is 16.2. The molecule has 0 spiro atoms. The van der Waals surface area contributed by atoms with E-state index in [9.17, 15) is 14.3 Å². The molecule has 0 atom stereocenters. The minimum Gasteiger partial charge on any atom is -0.508 e. The summed E-state index contributed by atoms with van der Waals surface area (Å²) in [5.41, 5.74) is 3.01. The topological polar surface area (TPSA) is 87.7 Å². The second-order valence-corrected chi connectivity index (χ2v) is 5.53. The Bertz CT molecular complexity index is 855. The first-order valence-corrected chi connectivity index (χ1v) is 7.28. The second kappa shape index (κ2) is 6.41. The van der Waals surface area contributed by atoms with Crippen molar-refractivity contribution in [3.05, 3.63) is 58.2 Å². The van der Waals surface area contributed by atoms with Crippen LogP contribution < -0.4 is 5.43 Å². The number of halogens is 1. The van der Waals surface area contributed by atoms with Crippen molar-refractivity contribution in [2.45, 2.75) is 0 Å². The Morgan fingerprint density at radius 1 is 1.30 bits per heavy atom. The molecular formula is C15H10FN3O3S. The lowest BCUT2D eigenvalue weighted by Crippen LogP contribution is -2.17. The van der Waals surface area contributed by atoms with Crippen LogP contribution in [0.3, 0.4) is 0 Å². The number of rotatable bonds is 4. The molecule has 2 heterocycles. The van der Waals surface area contributed by atoms with Crippen LogP contribution >= 0.6 is 11.3 Å². The number of amides is 1. The van der Waals surface area contributed by atoms with Gasteiger partial charge in [0.05, 0.1) is 11.1 Å². The number of phenolic OH excluding ortho intramolecular Hbond substituents is 1. The van der Waals surface area contributed by atoms with Crippen molar-refractivity contribution in [2.24, 2.45) is 5.10 Å². The predicted octanol–water partition coefficient (Wildman–Crippen LogP) is 3.01. The van der Waals surface area contributed by atoms with Gasteiger partial charge >= 0.3 is 0 Å². The molecule has 0 saturated carbocycles. The number of phenols is 1. The van der Waals surface area contributed by atoms with Gasteiger partial charge in [-0.15, -0.1) is 11.3 Å². The molecule has 3 rings (SSSR count). The summed E-state index contributed by atoms with van der Waals surface area (Å²) in [6, 6.07) is 10.6. The largest absolute Gasteiger partial charge is 0.508 e. The molecule has 23 heavy (non-hydrogen) atoms. The molecule has 1 aromatic carbocycles. The van der Waals surface area contributed by atoms with Gasteiger partial charge in [0.15, 0.2) is 16.6 Å². The van der Waals surface area contributed by atoms with Gasteiger partial charge in [-0.1, -0.05) is 5.16 Å². The van der Waals surface area contributed by atoms with E-state index in [-0.39, 0.29) is 16.6 Å². The van der Waals surface area contributed by atoms with E-state index in [0.717, 1.165) is 11.3 Å². The standard InChI is InChI=1S/C15H10FN3O3S/c16-14-6-5-11(23-14)8-17-18-15(21)12-7-13(22-19-12)9-1-3-10(20)4-2-9/h1-8,20H,(H,18,21)/b17-8-. The highest BCUT2D eigenvalue weighted by molar-refractivity contribution is 7.12. The van der Waals surface area contributed by atoms with Gasteiger partial charge in [-0.2, -0.15) is 9.49 Å². The highest BCUT2D eigenvalue weighted by Crippen LogP contribution is 2.22. The third-order valence-corrected chi connectivity index (χ3v) is 3.65. The minimum absolute atomic E-state index is 0.0579. The van der Waals surface area contributed by atoms with Gasteiger partial charge in [-0.25, -0.2) is 5.43 Å². The molecule has 0 saturated heterocycles. The molecule has 3 aromatic rings. The third-order valence-electron chi connectivity index (χ3n) is 2.85. The van der Waals surface area contributed by atoms with Gasteiger partial charge in [0.2, 0.25) is 0 Å². The summed E-state index contributed by atoms with van der Waals surface area (Å²) < 4.78 is 17.9. The van der Waals surface area contributed by atoms with Crippen LogP contribution in [-0.4, -0.2) is 22.4 Å². The van der Waals surface area contributed by atoms with Crippen molar-refractivity contribution >= 4 is 23.5 Å². The van der Waals surface area contributed by atoms with Crippen LogP contribution in [-0.2, 0) is 0 Å². The summed E-state index contributed by atoms with van der Waals surface area (Å²) in [5.74, 6) is -0.0305. The number of aromatic hydroxyl groups is 1. The van der Waals surface area contributed by atoms with Gasteiger partial charge in [0.25, 0.3) is 5.91 Å². The van der Waals surface area contributed by atoms with Crippen LogP contribution in [0, 0.1) is 5.13 Å². The van der Waals surface area contributed by atoms with Crippen molar-refractivity contribution in [1.29, 1.82) is 0 Å². The Balaban J connectivity index is 1.66. The number of hydrogen-bond donors (Lipinski definition) is 2. The van der Waals surface area contributed by atoms with E-state index in [4.69, 9.17) is 4.52 Å². The number of aromatic nitrogens is 1. The van der Waals surface area contributed by atoms with Crippen molar-refractivity contribution < 1.29 is 18.8 Å². The van der Waals surface area contributed by atoms with Crippen molar-refractivity contribution in [1.82, 2.24) is 10.6 Å². The van der Waals surface area contributed by atoms with Crippen LogP contribution in [0.5, 0.6) is 5.75 Å². The third kappa shape index (κ3) is 3.61. The van der Waals surface area contributed by atoms with Crippen molar-refractivity contribution in [2.75, 3.05) is 0 Å². The molecule has 0 aliphatic carbocycles. The first kappa shape index (κ1) is 14.9. The van der Waals surface area contributed by atoms with Gasteiger partial charge < -0.3 is 9.63 Å². The fraction of sp³-hybridized carbons (Fsp3) is 0. The number of carbonyl (C=O) groups excluding carboxylic acids is 1. The first-order valence-electron chi connectivity index (χ1n) is 6.47. The van der Waals surface area contributed by atoms with Gasteiger partial charge in [0.1, 0.15) is 5.75 Å². The van der Waals surface area contributed by atoms with E-state index in [1.54, 1.807) is 18.2 Å². The highest BCUT2D eigenvalue weighted by atomic mass is 32.1. The minimum atomic E-state index is -0.549. The predicted molar refractivity (Wildman–Crippen MR) is 82.9 cm³/mol. The second-order valence-electron chi connectivity index (χ2n) is 4.46. The molecule has 0 radical (unpaired) electrons. The molecule has 0 aliphatic rings. The van der Waals surface area contributed by atoms with Gasteiger partial charge in [-0.05, 0) is 36.4 Å². The van der Waals surface area contributed by atoms with E-state index in [2.05, 4.69) is 15.7 Å². The Kier molecular flexibility index (Phi) is 4.15. The number of carbonyl (C=O) groups is 1. The molecule has 0 unspecified atom stereocenters. The normalized spacial score (nSPS) is 11.0. The van der Waals surface area contributed by atoms with E-state index in [0.29, 0.717) is 16.2 Å². The summed E-state index contributed by atoms with van der Waals surface area (Å²) in [6.45, 7) is 0. The average molecular weight is 331 g/mol. The molecule has 2 aromatic heterocycles. The first-order chi connectivity index (χ1) is 11.1. The molecule has 1 amide bonds. The maximum absolute atomic E-state index is 12.8. The molecule has 116 valence electrons. The monoisotopic (exact) mass is 331 g/mol. The number of nitrogens with zero attached hydrogens (tertiary/aromatic N) is 2. The maximum Gasteiger partial charge on any atom is 0.293 e. The zero-order valence-corrected chi connectivity index (χ0v) is 12.4. The highest BCUT2D eigenvalue weighted by Gasteiger charge is 2.13. The number of thiophene rings is 1. The summed E-state index contributed by atoms with van der Waals surface area (Å²) in [7, 11) is 0.